The van der Waals surface area contributed by atoms with Gasteiger partial charge in [-0.05, 0) is 35.8 Å². The van der Waals surface area contributed by atoms with Gasteiger partial charge >= 0.3 is 0 Å². The Morgan fingerprint density at radius 3 is 2.55 bits per heavy atom. The average molecular weight is 447 g/mol. The zero-order valence-corrected chi connectivity index (χ0v) is 17.8. The van der Waals surface area contributed by atoms with Crippen molar-refractivity contribution in [3.63, 3.8) is 0 Å². The summed E-state index contributed by atoms with van der Waals surface area (Å²) in [4.78, 5) is 26.8. The molecule has 0 saturated carbocycles. The number of amides is 2. The molecule has 5 nitrogen and oxygen atoms in total. The highest BCUT2D eigenvalue weighted by Crippen LogP contribution is 2.32. The Morgan fingerprint density at radius 1 is 1.21 bits per heavy atom. The van der Waals surface area contributed by atoms with E-state index in [1.807, 2.05) is 30.3 Å². The van der Waals surface area contributed by atoms with E-state index in [1.54, 1.807) is 30.3 Å². The Labute approximate surface area is 183 Å². The highest BCUT2D eigenvalue weighted by molar-refractivity contribution is 8.26. The van der Waals surface area contributed by atoms with Crippen molar-refractivity contribution < 1.29 is 14.7 Å². The second-order valence-corrected chi connectivity index (χ2v) is 8.57. The molecule has 0 spiro atoms. The fraction of sp³-hybridized carbons (Fsp3) is 0.190. The van der Waals surface area contributed by atoms with E-state index in [0.717, 1.165) is 22.9 Å². The lowest BCUT2D eigenvalue weighted by atomic mass is 10.1. The molecule has 3 rings (SSSR count). The quantitative estimate of drug-likeness (QED) is 0.504. The van der Waals surface area contributed by atoms with E-state index in [0.29, 0.717) is 20.7 Å². The minimum absolute atomic E-state index is 0.187. The van der Waals surface area contributed by atoms with Crippen LogP contribution in [0.2, 0.25) is 5.02 Å². The number of hydrogen-bond donors (Lipinski definition) is 2. The fourth-order valence-corrected chi connectivity index (χ4v) is 4.20. The Hall–Kier alpha value is -2.19. The summed E-state index contributed by atoms with van der Waals surface area (Å²) in [6.45, 7) is -0.386. The monoisotopic (exact) mass is 446 g/mol. The molecule has 0 unspecified atom stereocenters. The van der Waals surface area contributed by atoms with Crippen LogP contribution in [-0.2, 0) is 16.0 Å². The van der Waals surface area contributed by atoms with Crippen LogP contribution < -0.4 is 5.32 Å². The van der Waals surface area contributed by atoms with Gasteiger partial charge in [0.1, 0.15) is 10.9 Å². The predicted octanol–water partition coefficient (Wildman–Crippen LogP) is 3.26. The van der Waals surface area contributed by atoms with Crippen molar-refractivity contribution in [2.75, 3.05) is 13.2 Å². The van der Waals surface area contributed by atoms with Crippen LogP contribution in [-0.4, -0.2) is 45.3 Å². The van der Waals surface area contributed by atoms with Gasteiger partial charge in [-0.25, -0.2) is 0 Å². The summed E-state index contributed by atoms with van der Waals surface area (Å²) in [5.74, 6) is -0.683. The normalized spacial score (nSPS) is 16.3. The average Bonchev–Trinajstić information content (AvgIpc) is 2.97. The van der Waals surface area contributed by atoms with Crippen molar-refractivity contribution in [3.8, 4) is 0 Å². The molecule has 0 aromatic heterocycles. The number of rotatable bonds is 7. The number of carbonyl (C=O) groups excluding carboxylic acids is 2. The summed E-state index contributed by atoms with van der Waals surface area (Å²) < 4.78 is 0.328. The van der Waals surface area contributed by atoms with E-state index in [2.05, 4.69) is 5.32 Å². The summed E-state index contributed by atoms with van der Waals surface area (Å²) in [5.41, 5.74) is 1.82. The van der Waals surface area contributed by atoms with Crippen LogP contribution >= 0.6 is 35.6 Å². The van der Waals surface area contributed by atoms with Gasteiger partial charge in [-0.15, -0.1) is 0 Å². The predicted molar refractivity (Wildman–Crippen MR) is 120 cm³/mol. The van der Waals surface area contributed by atoms with Crippen molar-refractivity contribution in [1.82, 2.24) is 10.2 Å². The van der Waals surface area contributed by atoms with Crippen LogP contribution in [0.1, 0.15) is 11.1 Å². The Balaban J connectivity index is 1.61. The van der Waals surface area contributed by atoms with E-state index in [4.69, 9.17) is 23.8 Å². The second-order valence-electron chi connectivity index (χ2n) is 6.46. The molecule has 1 aliphatic heterocycles. The summed E-state index contributed by atoms with van der Waals surface area (Å²) in [5, 5.41) is 13.0. The third-order valence-corrected chi connectivity index (χ3v) is 5.88. The summed E-state index contributed by atoms with van der Waals surface area (Å²) in [6.07, 6.45) is 2.22. The molecule has 2 aromatic carbocycles. The first-order valence-corrected chi connectivity index (χ1v) is 10.5. The van der Waals surface area contributed by atoms with Crippen molar-refractivity contribution in [2.45, 2.75) is 12.5 Å². The third kappa shape index (κ3) is 5.90. The highest BCUT2D eigenvalue weighted by atomic mass is 35.5. The van der Waals surface area contributed by atoms with Gasteiger partial charge in [0.2, 0.25) is 5.91 Å². The molecule has 2 amide bonds. The van der Waals surface area contributed by atoms with Crippen LogP contribution in [0.3, 0.4) is 0 Å². The molecule has 0 bridgehead atoms. The number of carbonyl (C=O) groups is 2. The Bertz CT molecular complexity index is 933. The molecule has 1 atom stereocenters. The lowest BCUT2D eigenvalue weighted by Crippen LogP contribution is -2.45. The molecule has 29 heavy (non-hydrogen) atoms. The smallest absolute Gasteiger partial charge is 0.266 e. The minimum Gasteiger partial charge on any atom is -0.394 e. The number of aliphatic hydroxyl groups excluding tert-OH is 1. The molecule has 0 radical (unpaired) electrons. The molecule has 1 heterocycles. The van der Waals surface area contributed by atoms with E-state index < -0.39 is 6.04 Å². The van der Waals surface area contributed by atoms with Gasteiger partial charge in [-0.1, -0.05) is 78.0 Å². The maximum absolute atomic E-state index is 12.7. The number of thiocarbonyl (C=S) groups is 1. The summed E-state index contributed by atoms with van der Waals surface area (Å²) in [6, 6.07) is 16.2. The van der Waals surface area contributed by atoms with Gasteiger partial charge in [0.15, 0.2) is 0 Å². The molecule has 8 heteroatoms. The first-order valence-electron chi connectivity index (χ1n) is 8.91. The number of nitrogens with one attached hydrogen (secondary N) is 1. The number of thioether (sulfide) groups is 1. The maximum atomic E-state index is 12.7. The van der Waals surface area contributed by atoms with Crippen molar-refractivity contribution in [3.05, 3.63) is 75.7 Å². The number of nitrogens with zero attached hydrogens (tertiary/aromatic N) is 1. The SMILES string of the molecule is O=C(CN1C(=O)C(=Cc2ccc(Cl)cc2)SC1=S)N[C@@H](CO)Cc1ccccc1. The zero-order chi connectivity index (χ0) is 20.8. The summed E-state index contributed by atoms with van der Waals surface area (Å²) in [7, 11) is 0. The number of benzene rings is 2. The van der Waals surface area contributed by atoms with Crippen LogP contribution in [0, 0.1) is 0 Å². The van der Waals surface area contributed by atoms with Gasteiger partial charge in [-0.2, -0.15) is 0 Å². The van der Waals surface area contributed by atoms with Crippen molar-refractivity contribution in [1.29, 1.82) is 0 Å². The molecule has 1 saturated heterocycles. The molecular weight excluding hydrogens is 428 g/mol. The van der Waals surface area contributed by atoms with E-state index in [9.17, 15) is 14.7 Å². The first-order chi connectivity index (χ1) is 14.0. The number of halogens is 1. The third-order valence-electron chi connectivity index (χ3n) is 4.25. The second kappa shape index (κ2) is 10.0. The highest BCUT2D eigenvalue weighted by Gasteiger charge is 2.33. The lowest BCUT2D eigenvalue weighted by molar-refractivity contribution is -0.129. The van der Waals surface area contributed by atoms with E-state index in [-0.39, 0.29) is 25.0 Å². The van der Waals surface area contributed by atoms with Gasteiger partial charge in [0, 0.05) is 5.02 Å². The minimum atomic E-state index is -0.437. The molecule has 1 aliphatic rings. The van der Waals surface area contributed by atoms with Gasteiger partial charge in [0.05, 0.1) is 17.6 Å². The van der Waals surface area contributed by atoms with Crippen molar-refractivity contribution in [2.24, 2.45) is 0 Å². The van der Waals surface area contributed by atoms with Gasteiger partial charge < -0.3 is 10.4 Å². The molecular formula is C21H19ClN2O3S2. The molecule has 2 aromatic rings. The van der Waals surface area contributed by atoms with Crippen LogP contribution in [0.5, 0.6) is 0 Å². The fourth-order valence-electron chi connectivity index (χ4n) is 2.82. The molecule has 0 aliphatic carbocycles. The van der Waals surface area contributed by atoms with E-state index in [1.165, 1.54) is 4.90 Å². The van der Waals surface area contributed by atoms with Crippen LogP contribution in [0.15, 0.2) is 59.5 Å². The summed E-state index contributed by atoms with van der Waals surface area (Å²) >= 11 is 12.3. The molecule has 150 valence electrons. The van der Waals surface area contributed by atoms with Crippen LogP contribution in [0.4, 0.5) is 0 Å². The Kier molecular flexibility index (Phi) is 7.44. The van der Waals surface area contributed by atoms with Gasteiger partial charge in [0.25, 0.3) is 5.91 Å². The van der Waals surface area contributed by atoms with E-state index >= 15 is 0 Å². The Morgan fingerprint density at radius 2 is 1.90 bits per heavy atom. The first kappa shape index (κ1) is 21.5. The largest absolute Gasteiger partial charge is 0.394 e. The zero-order valence-electron chi connectivity index (χ0n) is 15.4. The van der Waals surface area contributed by atoms with Crippen LogP contribution in [0.25, 0.3) is 6.08 Å². The number of hydrogen-bond acceptors (Lipinski definition) is 5. The number of aliphatic hydroxyl groups is 1. The maximum Gasteiger partial charge on any atom is 0.266 e. The topological polar surface area (TPSA) is 69.6 Å². The van der Waals surface area contributed by atoms with Crippen molar-refractivity contribution >= 4 is 57.8 Å². The lowest BCUT2D eigenvalue weighted by Gasteiger charge is -2.19. The standard InChI is InChI=1S/C21H19ClN2O3S2/c22-16-8-6-15(7-9-16)11-18-20(27)24(21(28)29-18)12-19(26)23-17(13-25)10-14-4-2-1-3-5-14/h1-9,11,17,25H,10,12-13H2,(H,23,26)/t17-/m1/s1. The molecule has 1 fully saturated rings. The van der Waals surface area contributed by atoms with Gasteiger partial charge in [-0.3, -0.25) is 14.5 Å². The molecule has 2 N–H and O–H groups in total.